The molecule has 0 fully saturated rings. The predicted molar refractivity (Wildman–Crippen MR) is 111 cm³/mol. The van der Waals surface area contributed by atoms with Gasteiger partial charge >= 0.3 is 0 Å². The molecule has 0 aliphatic carbocycles. The van der Waals surface area contributed by atoms with Gasteiger partial charge in [0.1, 0.15) is 17.1 Å². The average Bonchev–Trinajstić information content (AvgIpc) is 3.37. The van der Waals surface area contributed by atoms with E-state index >= 15 is 0 Å². The maximum atomic E-state index is 13.5. The third-order valence-corrected chi connectivity index (χ3v) is 5.46. The number of rotatable bonds is 4. The van der Waals surface area contributed by atoms with Crippen molar-refractivity contribution < 1.29 is 18.4 Å². The summed E-state index contributed by atoms with van der Waals surface area (Å²) in [7, 11) is 1.59. The molecule has 150 valence electrons. The van der Waals surface area contributed by atoms with Crippen LogP contribution in [0.2, 0.25) is 0 Å². The third-order valence-electron chi connectivity index (χ3n) is 5.46. The minimum atomic E-state index is -0.579. The first-order valence-electron chi connectivity index (χ1n) is 9.61. The lowest BCUT2D eigenvalue weighted by Gasteiger charge is -2.24. The highest BCUT2D eigenvalue weighted by molar-refractivity contribution is 5.99. The van der Waals surface area contributed by atoms with Gasteiger partial charge in [0.25, 0.3) is 5.91 Å². The molecule has 4 aromatic rings. The Labute approximate surface area is 172 Å². The maximum absolute atomic E-state index is 13.5. The summed E-state index contributed by atoms with van der Waals surface area (Å²) in [4.78, 5) is 28.4. The summed E-state index contributed by atoms with van der Waals surface area (Å²) in [6, 6.07) is 15.7. The van der Waals surface area contributed by atoms with Crippen LogP contribution in [0, 0.1) is 6.92 Å². The van der Waals surface area contributed by atoms with Crippen molar-refractivity contribution in [2.24, 2.45) is 0 Å². The Kier molecular flexibility index (Phi) is 4.20. The average molecular weight is 401 g/mol. The summed E-state index contributed by atoms with van der Waals surface area (Å²) in [6.45, 7) is 2.14. The summed E-state index contributed by atoms with van der Waals surface area (Å²) in [5, 5.41) is 0.472. The zero-order valence-corrected chi connectivity index (χ0v) is 16.5. The highest BCUT2D eigenvalue weighted by atomic mass is 16.5. The molecule has 1 aliphatic heterocycles. The van der Waals surface area contributed by atoms with Crippen LogP contribution in [0.25, 0.3) is 11.0 Å². The third kappa shape index (κ3) is 2.80. The Hall–Kier alpha value is -3.80. The van der Waals surface area contributed by atoms with Crippen LogP contribution in [0.1, 0.15) is 39.0 Å². The highest BCUT2D eigenvalue weighted by Crippen LogP contribution is 2.39. The Morgan fingerprint density at radius 3 is 2.57 bits per heavy atom. The molecule has 1 atom stereocenters. The van der Waals surface area contributed by atoms with E-state index in [4.69, 9.17) is 13.6 Å². The van der Waals surface area contributed by atoms with E-state index in [1.165, 1.54) is 0 Å². The first kappa shape index (κ1) is 18.2. The largest absolute Gasteiger partial charge is 0.497 e. The molecule has 1 aliphatic rings. The van der Waals surface area contributed by atoms with Gasteiger partial charge in [-0.2, -0.15) is 0 Å². The molecule has 1 amide bonds. The number of furan rings is 1. The fourth-order valence-electron chi connectivity index (χ4n) is 4.00. The van der Waals surface area contributed by atoms with Gasteiger partial charge in [-0.05, 0) is 48.9 Å². The molecular weight excluding hydrogens is 382 g/mol. The van der Waals surface area contributed by atoms with Crippen molar-refractivity contribution in [2.45, 2.75) is 19.5 Å². The van der Waals surface area contributed by atoms with Gasteiger partial charge in [0.05, 0.1) is 36.9 Å². The standard InChI is InChI=1S/C24H19NO5/c1-14-5-10-19-18(12-14)22(26)20-21(15-6-8-16(28-2)9-7-15)25(24(27)23(20)30-19)13-17-4-3-11-29-17/h3-12,21H,13H2,1-2H3/t21-/m1/s1. The van der Waals surface area contributed by atoms with Gasteiger partial charge in [-0.3, -0.25) is 9.59 Å². The van der Waals surface area contributed by atoms with Crippen molar-refractivity contribution in [2.75, 3.05) is 7.11 Å². The minimum Gasteiger partial charge on any atom is -0.497 e. The monoisotopic (exact) mass is 401 g/mol. The van der Waals surface area contributed by atoms with Crippen molar-refractivity contribution >= 4 is 16.9 Å². The first-order chi connectivity index (χ1) is 14.6. The Morgan fingerprint density at radius 2 is 1.87 bits per heavy atom. The fourth-order valence-corrected chi connectivity index (χ4v) is 4.00. The number of hydrogen-bond donors (Lipinski definition) is 0. The number of hydrogen-bond acceptors (Lipinski definition) is 5. The number of aryl methyl sites for hydroxylation is 1. The van der Waals surface area contributed by atoms with Gasteiger partial charge in [0.15, 0.2) is 5.43 Å². The van der Waals surface area contributed by atoms with Crippen LogP contribution in [0.4, 0.5) is 0 Å². The number of carbonyl (C=O) groups excluding carboxylic acids is 1. The lowest BCUT2D eigenvalue weighted by molar-refractivity contribution is 0.0701. The second-order valence-corrected chi connectivity index (χ2v) is 7.36. The molecule has 3 heterocycles. The van der Waals surface area contributed by atoms with E-state index < -0.39 is 6.04 Å². The molecule has 5 rings (SSSR count). The number of ether oxygens (including phenoxy) is 1. The minimum absolute atomic E-state index is 0.0868. The van der Waals surface area contributed by atoms with E-state index in [1.807, 2.05) is 37.3 Å². The summed E-state index contributed by atoms with van der Waals surface area (Å²) >= 11 is 0. The number of methoxy groups -OCH3 is 1. The fraction of sp³-hybridized carbons (Fsp3) is 0.167. The maximum Gasteiger partial charge on any atom is 0.291 e. The molecule has 0 bridgehead atoms. The number of carbonyl (C=O) groups is 1. The zero-order valence-electron chi connectivity index (χ0n) is 16.5. The molecule has 2 aromatic heterocycles. The van der Waals surface area contributed by atoms with Crippen LogP contribution >= 0.6 is 0 Å². The molecule has 0 saturated heterocycles. The normalized spacial score (nSPS) is 15.6. The number of nitrogens with zero attached hydrogens (tertiary/aromatic N) is 1. The van der Waals surface area contributed by atoms with Crippen LogP contribution in [0.15, 0.2) is 74.5 Å². The second-order valence-electron chi connectivity index (χ2n) is 7.36. The molecule has 0 spiro atoms. The number of fused-ring (bicyclic) bond motifs is 2. The van der Waals surface area contributed by atoms with Crippen molar-refractivity contribution in [3.63, 3.8) is 0 Å². The SMILES string of the molecule is COc1ccc([C@@H]2c3c(oc4ccc(C)cc4c3=O)C(=O)N2Cc2ccco2)cc1. The summed E-state index contributed by atoms with van der Waals surface area (Å²) in [6.07, 6.45) is 1.56. The van der Waals surface area contributed by atoms with Crippen LogP contribution < -0.4 is 10.2 Å². The molecule has 30 heavy (non-hydrogen) atoms. The molecular formula is C24H19NO5. The second kappa shape index (κ2) is 6.91. The van der Waals surface area contributed by atoms with Crippen LogP contribution in [0.5, 0.6) is 5.75 Å². The van der Waals surface area contributed by atoms with Gasteiger partial charge in [0.2, 0.25) is 5.76 Å². The van der Waals surface area contributed by atoms with Gasteiger partial charge in [-0.15, -0.1) is 0 Å². The van der Waals surface area contributed by atoms with E-state index in [0.717, 1.165) is 11.1 Å². The first-order valence-corrected chi connectivity index (χ1v) is 9.61. The van der Waals surface area contributed by atoms with Crippen LogP contribution in [-0.4, -0.2) is 17.9 Å². The lowest BCUT2D eigenvalue weighted by Crippen LogP contribution is -2.29. The van der Waals surface area contributed by atoms with E-state index in [0.29, 0.717) is 28.0 Å². The van der Waals surface area contributed by atoms with Crippen molar-refractivity contribution in [3.8, 4) is 5.75 Å². The van der Waals surface area contributed by atoms with Crippen LogP contribution in [0.3, 0.4) is 0 Å². The van der Waals surface area contributed by atoms with E-state index in [2.05, 4.69) is 0 Å². The highest BCUT2D eigenvalue weighted by Gasteiger charge is 2.43. The summed E-state index contributed by atoms with van der Waals surface area (Å²) in [5.74, 6) is 1.08. The molecule has 2 aromatic carbocycles. The van der Waals surface area contributed by atoms with Crippen LogP contribution in [-0.2, 0) is 6.54 Å². The zero-order chi connectivity index (χ0) is 20.8. The van der Waals surface area contributed by atoms with Crippen molar-refractivity contribution in [3.05, 3.63) is 99.3 Å². The predicted octanol–water partition coefficient (Wildman–Crippen LogP) is 4.45. The van der Waals surface area contributed by atoms with E-state index in [-0.39, 0.29) is 23.6 Å². The molecule has 0 N–H and O–H groups in total. The van der Waals surface area contributed by atoms with E-state index in [9.17, 15) is 9.59 Å². The molecule has 6 heteroatoms. The number of benzene rings is 2. The Morgan fingerprint density at radius 1 is 1.07 bits per heavy atom. The smallest absolute Gasteiger partial charge is 0.291 e. The number of amides is 1. The molecule has 6 nitrogen and oxygen atoms in total. The molecule has 0 unspecified atom stereocenters. The molecule has 0 radical (unpaired) electrons. The Balaban J connectivity index is 1.73. The van der Waals surface area contributed by atoms with Gasteiger partial charge < -0.3 is 18.5 Å². The summed E-state index contributed by atoms with van der Waals surface area (Å²) < 4.78 is 16.7. The lowest BCUT2D eigenvalue weighted by atomic mass is 9.98. The topological polar surface area (TPSA) is 72.9 Å². The van der Waals surface area contributed by atoms with Crippen molar-refractivity contribution in [1.29, 1.82) is 0 Å². The van der Waals surface area contributed by atoms with Gasteiger partial charge in [-0.1, -0.05) is 23.8 Å². The molecule has 0 saturated carbocycles. The van der Waals surface area contributed by atoms with Gasteiger partial charge in [0, 0.05) is 0 Å². The summed E-state index contributed by atoms with van der Waals surface area (Å²) in [5.41, 5.74) is 2.33. The van der Waals surface area contributed by atoms with Gasteiger partial charge in [-0.25, -0.2) is 0 Å². The van der Waals surface area contributed by atoms with E-state index in [1.54, 1.807) is 42.5 Å². The van der Waals surface area contributed by atoms with Crippen molar-refractivity contribution in [1.82, 2.24) is 4.90 Å². The quantitative estimate of drug-likeness (QED) is 0.505. The Bertz CT molecular complexity index is 1300.